The molecule has 3 rings (SSSR count). The largest absolute Gasteiger partial charge is 0.399 e. The number of hydrogen-bond acceptors (Lipinski definition) is 2. The standard InChI is InChI=1S/C15H14ClNS/c16-14-6-5-12(17)8-15(14)18-9-11-7-10-3-1-2-4-13(10)11/h1-6,8,11H,7,9,17H2. The Kier molecular flexibility index (Phi) is 3.23. The van der Waals surface area contributed by atoms with Crippen LogP contribution in [0.15, 0.2) is 47.4 Å². The van der Waals surface area contributed by atoms with Crippen molar-refractivity contribution in [2.24, 2.45) is 0 Å². The molecule has 1 aliphatic carbocycles. The Morgan fingerprint density at radius 1 is 1.22 bits per heavy atom. The number of nitrogens with two attached hydrogens (primary N) is 1. The lowest BCUT2D eigenvalue weighted by Crippen LogP contribution is -2.18. The highest BCUT2D eigenvalue weighted by molar-refractivity contribution is 7.99. The van der Waals surface area contributed by atoms with E-state index in [0.717, 1.165) is 21.4 Å². The van der Waals surface area contributed by atoms with E-state index in [1.54, 1.807) is 11.8 Å². The summed E-state index contributed by atoms with van der Waals surface area (Å²) in [7, 11) is 0. The van der Waals surface area contributed by atoms with Crippen molar-refractivity contribution in [2.45, 2.75) is 17.2 Å². The Bertz CT molecular complexity index is 582. The second-order valence-corrected chi connectivity index (χ2v) is 6.07. The minimum absolute atomic E-state index is 0.656. The molecule has 1 unspecified atom stereocenters. The first kappa shape index (κ1) is 11.9. The number of halogens is 1. The molecule has 2 N–H and O–H groups in total. The maximum absolute atomic E-state index is 6.16. The average molecular weight is 276 g/mol. The minimum atomic E-state index is 0.656. The van der Waals surface area contributed by atoms with Gasteiger partial charge in [-0.3, -0.25) is 0 Å². The van der Waals surface area contributed by atoms with E-state index in [4.69, 9.17) is 17.3 Å². The Morgan fingerprint density at radius 2 is 2.06 bits per heavy atom. The molecule has 18 heavy (non-hydrogen) atoms. The molecule has 2 aromatic carbocycles. The fourth-order valence-corrected chi connectivity index (χ4v) is 3.72. The Hall–Kier alpha value is -1.12. The van der Waals surface area contributed by atoms with E-state index in [-0.39, 0.29) is 0 Å². The first-order chi connectivity index (χ1) is 8.74. The van der Waals surface area contributed by atoms with Crippen LogP contribution in [0, 0.1) is 0 Å². The van der Waals surface area contributed by atoms with Crippen molar-refractivity contribution in [3.05, 3.63) is 58.6 Å². The number of anilines is 1. The number of rotatable bonds is 3. The van der Waals surface area contributed by atoms with Crippen LogP contribution in [0.4, 0.5) is 5.69 Å². The lowest BCUT2D eigenvalue weighted by molar-refractivity contribution is 0.677. The first-order valence-electron chi connectivity index (χ1n) is 5.99. The minimum Gasteiger partial charge on any atom is -0.399 e. The van der Waals surface area contributed by atoms with Crippen molar-refractivity contribution in [3.63, 3.8) is 0 Å². The summed E-state index contributed by atoms with van der Waals surface area (Å²) in [5.74, 6) is 1.73. The molecular weight excluding hydrogens is 262 g/mol. The Balaban J connectivity index is 1.68. The second kappa shape index (κ2) is 4.87. The Labute approximate surface area is 116 Å². The summed E-state index contributed by atoms with van der Waals surface area (Å²) in [6, 6.07) is 14.3. The fourth-order valence-electron chi connectivity index (χ4n) is 2.33. The summed E-state index contributed by atoms with van der Waals surface area (Å²) in [6.07, 6.45) is 1.18. The molecule has 0 bridgehead atoms. The van der Waals surface area contributed by atoms with E-state index in [1.165, 1.54) is 17.5 Å². The topological polar surface area (TPSA) is 26.0 Å². The lowest BCUT2D eigenvalue weighted by atomic mass is 9.79. The molecule has 3 heteroatoms. The van der Waals surface area contributed by atoms with Gasteiger partial charge in [0.15, 0.2) is 0 Å². The SMILES string of the molecule is Nc1ccc(Cl)c(SCC2Cc3ccccc32)c1. The zero-order valence-electron chi connectivity index (χ0n) is 9.90. The molecule has 0 spiro atoms. The molecule has 0 aromatic heterocycles. The van der Waals surface area contributed by atoms with Crippen molar-refractivity contribution in [1.29, 1.82) is 0 Å². The smallest absolute Gasteiger partial charge is 0.0543 e. The summed E-state index contributed by atoms with van der Waals surface area (Å²) >= 11 is 7.96. The third-order valence-corrected chi connectivity index (χ3v) is 5.02. The van der Waals surface area contributed by atoms with E-state index in [1.807, 2.05) is 18.2 Å². The van der Waals surface area contributed by atoms with E-state index < -0.39 is 0 Å². The van der Waals surface area contributed by atoms with Gasteiger partial charge in [0.05, 0.1) is 5.02 Å². The van der Waals surface area contributed by atoms with Gasteiger partial charge in [0.2, 0.25) is 0 Å². The predicted octanol–water partition coefficient (Wildman–Crippen LogP) is 4.35. The van der Waals surface area contributed by atoms with E-state index in [9.17, 15) is 0 Å². The highest BCUT2D eigenvalue weighted by Crippen LogP contribution is 2.40. The second-order valence-electron chi connectivity index (χ2n) is 4.60. The van der Waals surface area contributed by atoms with Gasteiger partial charge in [0.25, 0.3) is 0 Å². The van der Waals surface area contributed by atoms with Crippen LogP contribution in [0.1, 0.15) is 17.0 Å². The predicted molar refractivity (Wildman–Crippen MR) is 79.5 cm³/mol. The van der Waals surface area contributed by atoms with Crippen LogP contribution in [0.5, 0.6) is 0 Å². The molecule has 1 nitrogen and oxygen atoms in total. The summed E-state index contributed by atoms with van der Waals surface area (Å²) in [4.78, 5) is 1.08. The van der Waals surface area contributed by atoms with Gasteiger partial charge in [0, 0.05) is 16.3 Å². The van der Waals surface area contributed by atoms with Gasteiger partial charge < -0.3 is 5.73 Å². The third-order valence-electron chi connectivity index (χ3n) is 3.36. The molecule has 1 atom stereocenters. The Morgan fingerprint density at radius 3 is 2.89 bits per heavy atom. The van der Waals surface area contributed by atoms with Crippen LogP contribution in [0.2, 0.25) is 5.02 Å². The van der Waals surface area contributed by atoms with Gasteiger partial charge in [-0.15, -0.1) is 11.8 Å². The van der Waals surface area contributed by atoms with Crippen LogP contribution >= 0.6 is 23.4 Å². The van der Waals surface area contributed by atoms with Gasteiger partial charge >= 0.3 is 0 Å². The average Bonchev–Trinajstić information content (AvgIpc) is 2.34. The van der Waals surface area contributed by atoms with Crippen molar-refractivity contribution >= 4 is 29.1 Å². The van der Waals surface area contributed by atoms with Crippen molar-refractivity contribution in [1.82, 2.24) is 0 Å². The number of nitrogen functional groups attached to an aromatic ring is 1. The van der Waals surface area contributed by atoms with E-state index in [2.05, 4.69) is 24.3 Å². The van der Waals surface area contributed by atoms with Crippen molar-refractivity contribution in [2.75, 3.05) is 11.5 Å². The van der Waals surface area contributed by atoms with E-state index >= 15 is 0 Å². The molecule has 92 valence electrons. The van der Waals surface area contributed by atoms with Crippen LogP contribution in [0.3, 0.4) is 0 Å². The normalized spacial score (nSPS) is 17.1. The molecular formula is C15H14ClNS. The molecule has 0 saturated heterocycles. The van der Waals surface area contributed by atoms with Crippen LogP contribution < -0.4 is 5.73 Å². The quantitative estimate of drug-likeness (QED) is 0.665. The van der Waals surface area contributed by atoms with Gasteiger partial charge in [-0.05, 0) is 41.7 Å². The monoisotopic (exact) mass is 275 g/mol. The van der Waals surface area contributed by atoms with Crippen molar-refractivity contribution < 1.29 is 0 Å². The molecule has 2 aromatic rings. The first-order valence-corrected chi connectivity index (χ1v) is 7.36. The van der Waals surface area contributed by atoms with Gasteiger partial charge in [0.1, 0.15) is 0 Å². The number of hydrogen-bond donors (Lipinski definition) is 1. The number of benzene rings is 2. The fraction of sp³-hybridized carbons (Fsp3) is 0.200. The molecule has 0 radical (unpaired) electrons. The van der Waals surface area contributed by atoms with Gasteiger partial charge in [-0.1, -0.05) is 35.9 Å². The molecule has 0 amide bonds. The molecule has 1 aliphatic rings. The molecule has 0 heterocycles. The summed E-state index contributed by atoms with van der Waals surface area (Å²) < 4.78 is 0. The third kappa shape index (κ3) is 2.23. The van der Waals surface area contributed by atoms with Crippen LogP contribution in [0.25, 0.3) is 0 Å². The highest BCUT2D eigenvalue weighted by atomic mass is 35.5. The highest BCUT2D eigenvalue weighted by Gasteiger charge is 2.25. The summed E-state index contributed by atoms with van der Waals surface area (Å²) in [5, 5.41) is 0.793. The maximum Gasteiger partial charge on any atom is 0.0543 e. The van der Waals surface area contributed by atoms with Crippen LogP contribution in [-0.2, 0) is 6.42 Å². The number of fused-ring (bicyclic) bond motifs is 1. The van der Waals surface area contributed by atoms with E-state index in [0.29, 0.717) is 5.92 Å². The summed E-state index contributed by atoms with van der Waals surface area (Å²) in [6.45, 7) is 0. The maximum atomic E-state index is 6.16. The van der Waals surface area contributed by atoms with Gasteiger partial charge in [-0.2, -0.15) is 0 Å². The van der Waals surface area contributed by atoms with Gasteiger partial charge in [-0.25, -0.2) is 0 Å². The van der Waals surface area contributed by atoms with Crippen LogP contribution in [-0.4, -0.2) is 5.75 Å². The summed E-state index contributed by atoms with van der Waals surface area (Å²) in [5.41, 5.74) is 9.54. The molecule has 0 fully saturated rings. The zero-order chi connectivity index (χ0) is 12.5. The zero-order valence-corrected chi connectivity index (χ0v) is 11.5. The number of thioether (sulfide) groups is 1. The molecule has 0 saturated carbocycles. The molecule has 0 aliphatic heterocycles. The lowest BCUT2D eigenvalue weighted by Gasteiger charge is -2.29. The van der Waals surface area contributed by atoms with Crippen molar-refractivity contribution in [3.8, 4) is 0 Å².